The third-order valence-corrected chi connectivity index (χ3v) is 5.14. The molecule has 6 nitrogen and oxygen atoms in total. The van der Waals surface area contributed by atoms with Crippen LogP contribution in [0.5, 0.6) is 0 Å². The number of benzene rings is 1. The van der Waals surface area contributed by atoms with Crippen LogP contribution in [0.1, 0.15) is 19.5 Å². The first kappa shape index (κ1) is 17.6. The second kappa shape index (κ2) is 7.76. The van der Waals surface area contributed by atoms with Crippen LogP contribution < -0.4 is 4.90 Å². The van der Waals surface area contributed by atoms with E-state index in [1.54, 1.807) is 18.7 Å². The molecule has 25 heavy (non-hydrogen) atoms. The molecule has 7 heteroatoms. The Morgan fingerprint density at radius 3 is 2.40 bits per heavy atom. The van der Waals surface area contributed by atoms with Crippen molar-refractivity contribution >= 4 is 34.0 Å². The molecule has 1 aliphatic rings. The van der Waals surface area contributed by atoms with Gasteiger partial charge in [-0.1, -0.05) is 18.2 Å². The number of rotatable bonds is 4. The Bertz CT molecular complexity index is 739. The second-order valence-electron chi connectivity index (χ2n) is 6.09. The van der Waals surface area contributed by atoms with Gasteiger partial charge in [0.15, 0.2) is 5.13 Å². The molecule has 1 saturated heterocycles. The van der Waals surface area contributed by atoms with Gasteiger partial charge in [-0.25, -0.2) is 4.98 Å². The fourth-order valence-electron chi connectivity index (χ4n) is 2.93. The van der Waals surface area contributed by atoms with Crippen LogP contribution in [-0.4, -0.2) is 52.8 Å². The lowest BCUT2D eigenvalue weighted by Gasteiger charge is -2.33. The Morgan fingerprint density at radius 1 is 1.12 bits per heavy atom. The normalized spacial score (nSPS) is 15.2. The lowest BCUT2D eigenvalue weighted by Crippen LogP contribution is -2.47. The van der Waals surface area contributed by atoms with Crippen LogP contribution in [-0.2, 0) is 16.1 Å². The van der Waals surface area contributed by atoms with Crippen LogP contribution in [0, 0.1) is 0 Å². The number of hydrogen-bond donors (Lipinski definition) is 0. The van der Waals surface area contributed by atoms with Gasteiger partial charge >= 0.3 is 0 Å². The van der Waals surface area contributed by atoms with Crippen LogP contribution in [0.15, 0.2) is 35.7 Å². The van der Waals surface area contributed by atoms with Crippen molar-refractivity contribution in [3.63, 3.8) is 0 Å². The quantitative estimate of drug-likeness (QED) is 0.843. The molecule has 132 valence electrons. The van der Waals surface area contributed by atoms with Crippen molar-refractivity contribution in [2.75, 3.05) is 31.1 Å². The summed E-state index contributed by atoms with van der Waals surface area (Å²) >= 11 is 1.48. The minimum atomic E-state index is -0.0535. The van der Waals surface area contributed by atoms with Crippen molar-refractivity contribution < 1.29 is 9.59 Å². The minimum absolute atomic E-state index is 0.0535. The van der Waals surface area contributed by atoms with E-state index in [2.05, 4.69) is 9.88 Å². The summed E-state index contributed by atoms with van der Waals surface area (Å²) in [6.07, 6.45) is 0. The van der Waals surface area contributed by atoms with Crippen molar-refractivity contribution in [3.05, 3.63) is 41.4 Å². The molecule has 1 fully saturated rings. The Labute approximate surface area is 151 Å². The zero-order valence-corrected chi connectivity index (χ0v) is 15.3. The van der Waals surface area contributed by atoms with Crippen molar-refractivity contribution in [3.8, 4) is 0 Å². The minimum Gasteiger partial charge on any atom is -0.340 e. The molecule has 2 aromatic rings. The largest absolute Gasteiger partial charge is 0.340 e. The molecule has 1 aliphatic heterocycles. The van der Waals surface area contributed by atoms with E-state index in [0.717, 1.165) is 44.1 Å². The Hall–Kier alpha value is -2.25. The Balaban J connectivity index is 1.68. The van der Waals surface area contributed by atoms with Gasteiger partial charge in [0.25, 0.3) is 0 Å². The number of para-hydroxylation sites is 1. The van der Waals surface area contributed by atoms with Gasteiger partial charge in [0.2, 0.25) is 11.8 Å². The number of hydrogen-bond acceptors (Lipinski definition) is 5. The van der Waals surface area contributed by atoms with Crippen molar-refractivity contribution in [1.82, 2.24) is 14.8 Å². The summed E-state index contributed by atoms with van der Waals surface area (Å²) in [6, 6.07) is 9.56. The number of aromatic nitrogens is 1. The lowest BCUT2D eigenvalue weighted by atomic mass is 10.3. The van der Waals surface area contributed by atoms with Gasteiger partial charge in [-0.3, -0.25) is 19.4 Å². The van der Waals surface area contributed by atoms with Crippen molar-refractivity contribution in [2.24, 2.45) is 0 Å². The average Bonchev–Trinajstić information content (AvgIpc) is 3.04. The summed E-state index contributed by atoms with van der Waals surface area (Å²) in [5, 5.41) is 2.70. The zero-order valence-electron chi connectivity index (χ0n) is 14.5. The molecule has 0 unspecified atom stereocenters. The first-order valence-electron chi connectivity index (χ1n) is 8.32. The van der Waals surface area contributed by atoms with Crippen LogP contribution in [0.4, 0.5) is 10.8 Å². The van der Waals surface area contributed by atoms with Gasteiger partial charge in [0, 0.05) is 52.0 Å². The molecule has 0 bridgehead atoms. The van der Waals surface area contributed by atoms with Crippen molar-refractivity contribution in [2.45, 2.75) is 20.4 Å². The summed E-state index contributed by atoms with van der Waals surface area (Å²) in [5.74, 6) is 0.0812. The third-order valence-electron chi connectivity index (χ3n) is 4.26. The first-order valence-corrected chi connectivity index (χ1v) is 9.20. The van der Waals surface area contributed by atoms with Crippen LogP contribution >= 0.6 is 11.3 Å². The summed E-state index contributed by atoms with van der Waals surface area (Å²) in [7, 11) is 0. The molecule has 2 amide bonds. The predicted octanol–water partition coefficient (Wildman–Crippen LogP) is 2.49. The number of nitrogens with zero attached hydrogens (tertiary/aromatic N) is 4. The van der Waals surface area contributed by atoms with E-state index in [4.69, 9.17) is 0 Å². The predicted molar refractivity (Wildman–Crippen MR) is 98.9 cm³/mol. The van der Waals surface area contributed by atoms with Gasteiger partial charge < -0.3 is 4.90 Å². The van der Waals surface area contributed by atoms with Gasteiger partial charge in [0.05, 0.1) is 11.4 Å². The van der Waals surface area contributed by atoms with Gasteiger partial charge in [-0.2, -0.15) is 0 Å². The maximum absolute atomic E-state index is 12.1. The molecule has 3 rings (SSSR count). The SMILES string of the molecule is CC(=O)N1CCN(Cc2csc(N(C(C)=O)c3ccccc3)n2)CC1. The number of carbonyl (C=O) groups excluding carboxylic acids is 2. The van der Waals surface area contributed by atoms with E-state index in [1.807, 2.05) is 40.6 Å². The van der Waals surface area contributed by atoms with Crippen LogP contribution in [0.25, 0.3) is 0 Å². The first-order chi connectivity index (χ1) is 12.0. The number of thiazole rings is 1. The summed E-state index contributed by atoms with van der Waals surface area (Å²) in [5.41, 5.74) is 1.78. The highest BCUT2D eigenvalue weighted by atomic mass is 32.1. The number of carbonyl (C=O) groups is 2. The van der Waals surface area contributed by atoms with Crippen LogP contribution in [0.2, 0.25) is 0 Å². The van der Waals surface area contributed by atoms with E-state index in [1.165, 1.54) is 11.3 Å². The monoisotopic (exact) mass is 358 g/mol. The zero-order chi connectivity index (χ0) is 17.8. The number of anilines is 2. The molecule has 1 aromatic carbocycles. The van der Waals surface area contributed by atoms with E-state index in [0.29, 0.717) is 5.13 Å². The number of piperazine rings is 1. The number of amides is 2. The lowest BCUT2D eigenvalue weighted by molar-refractivity contribution is -0.130. The van der Waals surface area contributed by atoms with Gasteiger partial charge in [0.1, 0.15) is 0 Å². The van der Waals surface area contributed by atoms with Crippen LogP contribution in [0.3, 0.4) is 0 Å². The maximum Gasteiger partial charge on any atom is 0.230 e. The molecule has 1 aromatic heterocycles. The Morgan fingerprint density at radius 2 is 1.80 bits per heavy atom. The second-order valence-corrected chi connectivity index (χ2v) is 6.93. The molecule has 0 atom stereocenters. The molecular formula is C18H22N4O2S. The standard InChI is InChI=1S/C18H22N4O2S/c1-14(23)21-10-8-20(9-11-21)12-16-13-25-18(19-16)22(15(2)24)17-6-4-3-5-7-17/h3-7,13H,8-12H2,1-2H3. The van der Waals surface area contributed by atoms with Gasteiger partial charge in [-0.15, -0.1) is 11.3 Å². The highest BCUT2D eigenvalue weighted by Gasteiger charge is 2.21. The highest BCUT2D eigenvalue weighted by molar-refractivity contribution is 7.14. The molecule has 0 spiro atoms. The molecule has 2 heterocycles. The average molecular weight is 358 g/mol. The Kier molecular flexibility index (Phi) is 5.45. The topological polar surface area (TPSA) is 56.8 Å². The van der Waals surface area contributed by atoms with E-state index in [9.17, 15) is 9.59 Å². The third kappa shape index (κ3) is 4.24. The van der Waals surface area contributed by atoms with Gasteiger partial charge in [-0.05, 0) is 12.1 Å². The summed E-state index contributed by atoms with van der Waals surface area (Å²) in [6.45, 7) is 7.12. The molecule has 0 aliphatic carbocycles. The summed E-state index contributed by atoms with van der Waals surface area (Å²) in [4.78, 5) is 33.9. The van der Waals surface area contributed by atoms with E-state index < -0.39 is 0 Å². The molecule has 0 saturated carbocycles. The van der Waals surface area contributed by atoms with Crippen molar-refractivity contribution in [1.29, 1.82) is 0 Å². The molecular weight excluding hydrogens is 336 g/mol. The highest BCUT2D eigenvalue weighted by Crippen LogP contribution is 2.29. The summed E-state index contributed by atoms with van der Waals surface area (Å²) < 4.78 is 0. The van der Waals surface area contributed by atoms with E-state index in [-0.39, 0.29) is 11.8 Å². The molecule has 0 radical (unpaired) electrons. The maximum atomic E-state index is 12.1. The van der Waals surface area contributed by atoms with E-state index >= 15 is 0 Å². The smallest absolute Gasteiger partial charge is 0.230 e. The molecule has 0 N–H and O–H groups in total. The fraction of sp³-hybridized carbons (Fsp3) is 0.389. The fourth-order valence-corrected chi connectivity index (χ4v) is 3.80.